The van der Waals surface area contributed by atoms with Gasteiger partial charge in [0.15, 0.2) is 0 Å². The number of carboxylic acids is 1. The highest BCUT2D eigenvalue weighted by atomic mass is 35.5. The van der Waals surface area contributed by atoms with Crippen molar-refractivity contribution < 1.29 is 24.2 Å². The largest absolute Gasteiger partial charge is 0.480 e. The summed E-state index contributed by atoms with van der Waals surface area (Å²) in [5, 5.41) is 10.3. The molecule has 1 aliphatic rings. The summed E-state index contributed by atoms with van der Waals surface area (Å²) < 4.78 is 12.5. The van der Waals surface area contributed by atoms with Gasteiger partial charge in [-0.05, 0) is 39.0 Å². The van der Waals surface area contributed by atoms with Crippen LogP contribution in [0.4, 0.5) is 4.79 Å². The number of aliphatic carboxylic acids is 1. The fourth-order valence-corrected chi connectivity index (χ4v) is 3.51. The lowest BCUT2D eigenvalue weighted by atomic mass is 10.2. The second-order valence-corrected chi connectivity index (χ2v) is 8.66. The highest BCUT2D eigenvalue weighted by Gasteiger charge is 2.43. The lowest BCUT2D eigenvalue weighted by molar-refractivity contribution is -0.142. The van der Waals surface area contributed by atoms with E-state index in [4.69, 9.17) is 21.1 Å². The van der Waals surface area contributed by atoms with Crippen molar-refractivity contribution in [2.24, 2.45) is 0 Å². The molecule has 10 heteroatoms. The number of likely N-dealkylation sites (tertiary alicyclic amines) is 1. The van der Waals surface area contributed by atoms with Crippen LogP contribution in [0.2, 0.25) is 5.02 Å². The SMILES string of the molecule is C=CCn1c(O[C@@H]2C[C@@H](C(=O)O)N(C(=O)OC(C)(C)C)C2)nc2cc(Cl)ccc2c1=O. The van der Waals surface area contributed by atoms with Crippen molar-refractivity contribution >= 4 is 34.6 Å². The molecule has 1 aliphatic heterocycles. The lowest BCUT2D eigenvalue weighted by Crippen LogP contribution is -2.43. The number of carbonyl (C=O) groups is 2. The lowest BCUT2D eigenvalue weighted by Gasteiger charge is -2.26. The Bertz CT molecular complexity index is 1090. The van der Waals surface area contributed by atoms with Crippen LogP contribution in [-0.2, 0) is 16.1 Å². The van der Waals surface area contributed by atoms with Gasteiger partial charge in [0, 0.05) is 18.0 Å². The predicted octanol–water partition coefficient (Wildman–Crippen LogP) is 3.08. The first kappa shape index (κ1) is 22.6. The van der Waals surface area contributed by atoms with E-state index in [1.54, 1.807) is 39.0 Å². The number of carboxylic acid groups (broad SMARTS) is 1. The van der Waals surface area contributed by atoms with E-state index in [1.165, 1.54) is 10.6 Å². The van der Waals surface area contributed by atoms with Crippen molar-refractivity contribution in [1.29, 1.82) is 0 Å². The van der Waals surface area contributed by atoms with Gasteiger partial charge in [0.05, 0.1) is 17.4 Å². The second kappa shape index (κ2) is 8.58. The van der Waals surface area contributed by atoms with E-state index in [2.05, 4.69) is 11.6 Å². The number of hydrogen-bond acceptors (Lipinski definition) is 6. The molecule has 0 saturated carbocycles. The number of fused-ring (bicyclic) bond motifs is 1. The van der Waals surface area contributed by atoms with Gasteiger partial charge in [0.25, 0.3) is 11.6 Å². The first-order valence-corrected chi connectivity index (χ1v) is 10.1. The number of carbonyl (C=O) groups excluding carboxylic acids is 1. The average molecular weight is 450 g/mol. The number of hydrogen-bond donors (Lipinski definition) is 1. The molecule has 0 radical (unpaired) electrons. The summed E-state index contributed by atoms with van der Waals surface area (Å²) in [7, 11) is 0. The molecule has 0 bridgehead atoms. The average Bonchev–Trinajstić information content (AvgIpc) is 3.08. The minimum absolute atomic E-state index is 0.000144. The van der Waals surface area contributed by atoms with Crippen molar-refractivity contribution in [3.05, 3.63) is 46.2 Å². The molecule has 2 aromatic rings. The van der Waals surface area contributed by atoms with E-state index in [9.17, 15) is 19.5 Å². The first-order chi connectivity index (χ1) is 14.5. The van der Waals surface area contributed by atoms with Crippen molar-refractivity contribution in [3.63, 3.8) is 0 Å². The molecule has 0 spiro atoms. The quantitative estimate of drug-likeness (QED) is 0.698. The summed E-state index contributed by atoms with van der Waals surface area (Å²) in [5.41, 5.74) is -0.763. The second-order valence-electron chi connectivity index (χ2n) is 8.22. The summed E-state index contributed by atoms with van der Waals surface area (Å²) >= 11 is 6.03. The van der Waals surface area contributed by atoms with Crippen LogP contribution < -0.4 is 10.3 Å². The van der Waals surface area contributed by atoms with Crippen LogP contribution >= 0.6 is 11.6 Å². The molecule has 1 N–H and O–H groups in total. The van der Waals surface area contributed by atoms with Crippen LogP contribution in [-0.4, -0.2) is 55.9 Å². The molecular formula is C21H24ClN3O6. The van der Waals surface area contributed by atoms with Crippen molar-refractivity contribution in [2.75, 3.05) is 6.54 Å². The Morgan fingerprint density at radius 2 is 2.10 bits per heavy atom. The number of aromatic nitrogens is 2. The molecule has 2 heterocycles. The maximum Gasteiger partial charge on any atom is 0.411 e. The Morgan fingerprint density at radius 3 is 2.71 bits per heavy atom. The van der Waals surface area contributed by atoms with Crippen LogP contribution in [0.3, 0.4) is 0 Å². The summed E-state index contributed by atoms with van der Waals surface area (Å²) in [6, 6.07) is 3.61. The van der Waals surface area contributed by atoms with E-state index in [0.29, 0.717) is 15.9 Å². The van der Waals surface area contributed by atoms with Crippen LogP contribution in [0.25, 0.3) is 10.9 Å². The Morgan fingerprint density at radius 1 is 1.39 bits per heavy atom. The standard InChI is InChI=1S/C21H24ClN3O6/c1-5-8-24-17(26)14-7-6-12(22)9-15(14)23-19(24)30-13-10-16(18(27)28)25(11-13)20(29)31-21(2,3)4/h5-7,9,13,16H,1,8,10-11H2,2-4H3,(H,27,28)/t13-,16+/m1/s1. The molecule has 166 valence electrons. The van der Waals surface area contributed by atoms with Crippen LogP contribution in [0.5, 0.6) is 6.01 Å². The zero-order valence-corrected chi connectivity index (χ0v) is 18.3. The van der Waals surface area contributed by atoms with Gasteiger partial charge in [-0.2, -0.15) is 4.98 Å². The molecule has 1 fully saturated rings. The van der Waals surface area contributed by atoms with E-state index < -0.39 is 29.8 Å². The van der Waals surface area contributed by atoms with Gasteiger partial charge in [0.1, 0.15) is 17.7 Å². The Hall–Kier alpha value is -3.07. The highest BCUT2D eigenvalue weighted by molar-refractivity contribution is 6.31. The van der Waals surface area contributed by atoms with E-state index in [-0.39, 0.29) is 31.1 Å². The topological polar surface area (TPSA) is 111 Å². The molecule has 2 atom stereocenters. The van der Waals surface area contributed by atoms with Gasteiger partial charge < -0.3 is 14.6 Å². The molecule has 1 amide bonds. The van der Waals surface area contributed by atoms with Crippen molar-refractivity contribution in [3.8, 4) is 6.01 Å². The molecule has 1 aromatic heterocycles. The van der Waals surface area contributed by atoms with Crippen LogP contribution in [0.15, 0.2) is 35.6 Å². The third kappa shape index (κ3) is 4.99. The zero-order chi connectivity index (χ0) is 22.9. The maximum atomic E-state index is 12.9. The minimum Gasteiger partial charge on any atom is -0.480 e. The molecule has 0 unspecified atom stereocenters. The van der Waals surface area contributed by atoms with Gasteiger partial charge in [0.2, 0.25) is 0 Å². The maximum absolute atomic E-state index is 12.9. The number of amides is 1. The Labute approximate surface area is 183 Å². The van der Waals surface area contributed by atoms with Crippen molar-refractivity contribution in [1.82, 2.24) is 14.5 Å². The number of nitrogens with zero attached hydrogens (tertiary/aromatic N) is 3. The van der Waals surface area contributed by atoms with Crippen LogP contribution in [0, 0.1) is 0 Å². The van der Waals surface area contributed by atoms with Gasteiger partial charge >= 0.3 is 12.1 Å². The van der Waals surface area contributed by atoms with E-state index in [0.717, 1.165) is 4.90 Å². The third-order valence-corrected chi connectivity index (χ3v) is 4.88. The van der Waals surface area contributed by atoms with Crippen molar-refractivity contribution in [2.45, 2.75) is 51.5 Å². The zero-order valence-electron chi connectivity index (χ0n) is 17.5. The van der Waals surface area contributed by atoms with E-state index >= 15 is 0 Å². The van der Waals surface area contributed by atoms with E-state index in [1.807, 2.05) is 0 Å². The van der Waals surface area contributed by atoms with Gasteiger partial charge in [-0.15, -0.1) is 6.58 Å². The summed E-state index contributed by atoms with van der Waals surface area (Å²) in [6.07, 6.45) is 0.104. The predicted molar refractivity (Wildman–Crippen MR) is 115 cm³/mol. The summed E-state index contributed by atoms with van der Waals surface area (Å²) in [6.45, 7) is 8.87. The summed E-state index contributed by atoms with van der Waals surface area (Å²) in [5.74, 6) is -1.17. The molecular weight excluding hydrogens is 426 g/mol. The number of ether oxygens (including phenoxy) is 2. The monoisotopic (exact) mass is 449 g/mol. The molecule has 3 rings (SSSR count). The van der Waals surface area contributed by atoms with Gasteiger partial charge in [-0.1, -0.05) is 17.7 Å². The smallest absolute Gasteiger partial charge is 0.411 e. The van der Waals surface area contributed by atoms with Gasteiger partial charge in [-0.3, -0.25) is 14.3 Å². The fraction of sp³-hybridized carbons (Fsp3) is 0.429. The van der Waals surface area contributed by atoms with Gasteiger partial charge in [-0.25, -0.2) is 9.59 Å². The Balaban J connectivity index is 1.93. The Kier molecular flexibility index (Phi) is 6.26. The normalized spacial score (nSPS) is 18.8. The minimum atomic E-state index is -1.17. The van der Waals surface area contributed by atoms with Crippen LogP contribution in [0.1, 0.15) is 27.2 Å². The molecule has 1 saturated heterocycles. The number of allylic oxidation sites excluding steroid dienone is 1. The molecule has 31 heavy (non-hydrogen) atoms. The number of benzene rings is 1. The molecule has 9 nitrogen and oxygen atoms in total. The summed E-state index contributed by atoms with van der Waals surface area (Å²) in [4.78, 5) is 42.6. The fourth-order valence-electron chi connectivity index (χ4n) is 3.34. The third-order valence-electron chi connectivity index (χ3n) is 4.64. The highest BCUT2D eigenvalue weighted by Crippen LogP contribution is 2.26. The number of rotatable bonds is 5. The molecule has 0 aliphatic carbocycles. The number of halogens is 1. The first-order valence-electron chi connectivity index (χ1n) is 9.70. The molecule has 1 aromatic carbocycles.